The molecule has 26 heavy (non-hydrogen) atoms. The fourth-order valence-electron chi connectivity index (χ4n) is 2.72. The molecule has 1 amide bonds. The van der Waals surface area contributed by atoms with E-state index in [4.69, 9.17) is 9.47 Å². The number of carbonyl (C=O) groups excluding carboxylic acids is 1. The van der Waals surface area contributed by atoms with Crippen LogP contribution in [-0.4, -0.2) is 25.1 Å². The number of hydrogen-bond donors (Lipinski definition) is 1. The van der Waals surface area contributed by atoms with Gasteiger partial charge in [-0.1, -0.05) is 60.7 Å². The van der Waals surface area contributed by atoms with Crippen molar-refractivity contribution in [2.75, 3.05) is 14.2 Å². The molecular weight excluding hydrogens is 328 g/mol. The van der Waals surface area contributed by atoms with Gasteiger partial charge in [0.2, 0.25) is 11.8 Å². The molecule has 0 aliphatic rings. The molecule has 2 aromatic carbocycles. The normalized spacial score (nSPS) is 10.4. The maximum atomic E-state index is 12.9. The van der Waals surface area contributed by atoms with Crippen molar-refractivity contribution in [3.8, 4) is 11.8 Å². The number of hydrogen-bond acceptors (Lipinski definition) is 4. The molecule has 1 heterocycles. The number of pyridine rings is 1. The van der Waals surface area contributed by atoms with Gasteiger partial charge in [-0.3, -0.25) is 4.79 Å². The summed E-state index contributed by atoms with van der Waals surface area (Å²) in [5.74, 6) is 0.345. The summed E-state index contributed by atoms with van der Waals surface area (Å²) in [6, 6.07) is 22.7. The fourth-order valence-corrected chi connectivity index (χ4v) is 2.72. The summed E-state index contributed by atoms with van der Waals surface area (Å²) in [6.45, 7) is 0. The largest absolute Gasteiger partial charge is 0.481 e. The lowest BCUT2D eigenvalue weighted by Gasteiger charge is -2.20. The summed E-state index contributed by atoms with van der Waals surface area (Å²) in [5.41, 5.74) is 2.34. The molecule has 3 aromatic rings. The van der Waals surface area contributed by atoms with Crippen molar-refractivity contribution >= 4 is 5.91 Å². The first-order valence-electron chi connectivity index (χ1n) is 8.22. The number of amides is 1. The van der Waals surface area contributed by atoms with E-state index in [9.17, 15) is 4.79 Å². The lowest BCUT2D eigenvalue weighted by molar-refractivity contribution is 0.0939. The van der Waals surface area contributed by atoms with Gasteiger partial charge in [-0.15, -0.1) is 0 Å². The van der Waals surface area contributed by atoms with Crippen LogP contribution in [0.3, 0.4) is 0 Å². The number of rotatable bonds is 6. The predicted molar refractivity (Wildman–Crippen MR) is 99.5 cm³/mol. The first-order chi connectivity index (χ1) is 12.7. The van der Waals surface area contributed by atoms with Crippen molar-refractivity contribution in [3.05, 3.63) is 89.5 Å². The highest BCUT2D eigenvalue weighted by Crippen LogP contribution is 2.25. The standard InChI is InChI=1S/C21H20N2O3/c1-25-18-14-13-17(21(22-18)26-2)20(24)23-19(15-9-5-3-6-10-15)16-11-7-4-8-12-16/h3-14,19H,1-2H3,(H,23,24). The van der Waals surface area contributed by atoms with Crippen LogP contribution in [-0.2, 0) is 0 Å². The third-order valence-electron chi connectivity index (χ3n) is 4.02. The van der Waals surface area contributed by atoms with Gasteiger partial charge >= 0.3 is 0 Å². The average molecular weight is 348 g/mol. The van der Waals surface area contributed by atoms with E-state index in [2.05, 4.69) is 10.3 Å². The predicted octanol–water partition coefficient (Wildman–Crippen LogP) is 3.62. The third-order valence-corrected chi connectivity index (χ3v) is 4.02. The number of methoxy groups -OCH3 is 2. The van der Waals surface area contributed by atoms with Crippen molar-refractivity contribution in [1.29, 1.82) is 0 Å². The summed E-state index contributed by atoms with van der Waals surface area (Å²) in [5, 5.41) is 3.08. The van der Waals surface area contributed by atoms with Crippen LogP contribution in [0.15, 0.2) is 72.8 Å². The number of nitrogens with zero attached hydrogens (tertiary/aromatic N) is 1. The number of carbonyl (C=O) groups is 1. The Hall–Kier alpha value is -3.34. The lowest BCUT2D eigenvalue weighted by Crippen LogP contribution is -2.29. The van der Waals surface area contributed by atoms with E-state index in [0.29, 0.717) is 11.4 Å². The van der Waals surface area contributed by atoms with Gasteiger partial charge in [0.15, 0.2) is 0 Å². The molecule has 0 aliphatic heterocycles. The Kier molecular flexibility index (Phi) is 5.49. The van der Waals surface area contributed by atoms with E-state index < -0.39 is 0 Å². The van der Waals surface area contributed by atoms with Crippen LogP contribution >= 0.6 is 0 Å². The molecule has 0 unspecified atom stereocenters. The van der Waals surface area contributed by atoms with E-state index >= 15 is 0 Å². The summed E-state index contributed by atoms with van der Waals surface area (Å²) in [6.07, 6.45) is 0. The van der Waals surface area contributed by atoms with Gasteiger partial charge in [-0.2, -0.15) is 4.98 Å². The van der Waals surface area contributed by atoms with Gasteiger partial charge < -0.3 is 14.8 Å². The molecule has 0 saturated carbocycles. The Bertz CT molecular complexity index is 827. The summed E-state index contributed by atoms with van der Waals surface area (Å²) in [4.78, 5) is 17.1. The van der Waals surface area contributed by atoms with Crippen LogP contribution in [0.5, 0.6) is 11.8 Å². The zero-order chi connectivity index (χ0) is 18.4. The van der Waals surface area contributed by atoms with Gasteiger partial charge in [0.1, 0.15) is 5.56 Å². The van der Waals surface area contributed by atoms with Gasteiger partial charge in [-0.05, 0) is 17.2 Å². The maximum Gasteiger partial charge on any atom is 0.257 e. The Morgan fingerprint density at radius 2 is 1.42 bits per heavy atom. The second-order valence-electron chi connectivity index (χ2n) is 5.64. The van der Waals surface area contributed by atoms with E-state index in [0.717, 1.165) is 11.1 Å². The molecule has 5 heteroatoms. The van der Waals surface area contributed by atoms with Gasteiger partial charge in [0.25, 0.3) is 5.91 Å². The van der Waals surface area contributed by atoms with E-state index in [1.165, 1.54) is 14.2 Å². The third kappa shape index (κ3) is 3.83. The lowest BCUT2D eigenvalue weighted by atomic mass is 9.98. The van der Waals surface area contributed by atoms with Gasteiger partial charge in [-0.25, -0.2) is 0 Å². The first kappa shape index (κ1) is 17.5. The molecule has 0 spiro atoms. The Balaban J connectivity index is 1.94. The quantitative estimate of drug-likeness (QED) is 0.739. The highest BCUT2D eigenvalue weighted by Gasteiger charge is 2.21. The molecule has 0 aliphatic carbocycles. The van der Waals surface area contributed by atoms with E-state index in [1.54, 1.807) is 12.1 Å². The zero-order valence-corrected chi connectivity index (χ0v) is 14.7. The Morgan fingerprint density at radius 3 is 1.92 bits per heavy atom. The number of nitrogens with one attached hydrogen (secondary N) is 1. The molecule has 1 N–H and O–H groups in total. The smallest absolute Gasteiger partial charge is 0.257 e. The number of benzene rings is 2. The minimum absolute atomic E-state index is 0.224. The van der Waals surface area contributed by atoms with Gasteiger partial charge in [0, 0.05) is 6.07 Å². The average Bonchev–Trinajstić information content (AvgIpc) is 2.72. The molecule has 0 atom stereocenters. The number of ether oxygens (including phenoxy) is 2. The fraction of sp³-hybridized carbons (Fsp3) is 0.143. The molecule has 0 bridgehead atoms. The van der Waals surface area contributed by atoms with Crippen molar-refractivity contribution < 1.29 is 14.3 Å². The number of aromatic nitrogens is 1. The topological polar surface area (TPSA) is 60.5 Å². The second kappa shape index (κ2) is 8.16. The summed E-state index contributed by atoms with van der Waals surface area (Å²) in [7, 11) is 2.99. The van der Waals surface area contributed by atoms with Crippen molar-refractivity contribution in [2.24, 2.45) is 0 Å². The molecular formula is C21H20N2O3. The minimum Gasteiger partial charge on any atom is -0.481 e. The Labute approximate surface area is 152 Å². The molecule has 0 saturated heterocycles. The summed E-state index contributed by atoms with van der Waals surface area (Å²) >= 11 is 0. The molecule has 3 rings (SSSR count). The van der Waals surface area contributed by atoms with Crippen molar-refractivity contribution in [1.82, 2.24) is 10.3 Å². The second-order valence-corrected chi connectivity index (χ2v) is 5.64. The van der Waals surface area contributed by atoms with Crippen LogP contribution in [0, 0.1) is 0 Å². The van der Waals surface area contributed by atoms with Crippen LogP contribution in [0.1, 0.15) is 27.5 Å². The van der Waals surface area contributed by atoms with Crippen molar-refractivity contribution in [2.45, 2.75) is 6.04 Å². The van der Waals surface area contributed by atoms with E-state index in [1.807, 2.05) is 60.7 Å². The van der Waals surface area contributed by atoms with Crippen LogP contribution in [0.4, 0.5) is 0 Å². The van der Waals surface area contributed by atoms with Gasteiger partial charge in [0.05, 0.1) is 20.3 Å². The molecule has 132 valence electrons. The minimum atomic E-state index is -0.281. The van der Waals surface area contributed by atoms with Crippen LogP contribution in [0.2, 0.25) is 0 Å². The SMILES string of the molecule is COc1ccc(C(=O)NC(c2ccccc2)c2ccccc2)c(OC)n1. The van der Waals surface area contributed by atoms with Crippen LogP contribution < -0.4 is 14.8 Å². The van der Waals surface area contributed by atoms with Crippen LogP contribution in [0.25, 0.3) is 0 Å². The van der Waals surface area contributed by atoms with E-state index in [-0.39, 0.29) is 17.8 Å². The highest BCUT2D eigenvalue weighted by atomic mass is 16.5. The maximum absolute atomic E-state index is 12.9. The summed E-state index contributed by atoms with van der Waals surface area (Å²) < 4.78 is 10.3. The molecule has 0 radical (unpaired) electrons. The Morgan fingerprint density at radius 1 is 0.846 bits per heavy atom. The molecule has 5 nitrogen and oxygen atoms in total. The monoisotopic (exact) mass is 348 g/mol. The molecule has 0 fully saturated rings. The van der Waals surface area contributed by atoms with Crippen molar-refractivity contribution in [3.63, 3.8) is 0 Å². The zero-order valence-electron chi connectivity index (χ0n) is 14.7. The highest BCUT2D eigenvalue weighted by molar-refractivity contribution is 5.97. The first-order valence-corrected chi connectivity index (χ1v) is 8.22. The molecule has 1 aromatic heterocycles.